The number of benzene rings is 3. The van der Waals surface area contributed by atoms with Crippen LogP contribution in [0.3, 0.4) is 0 Å². The van der Waals surface area contributed by atoms with Gasteiger partial charge in [0.15, 0.2) is 0 Å². The van der Waals surface area contributed by atoms with E-state index in [1.54, 1.807) is 29.7 Å². The average Bonchev–Trinajstić information content (AvgIpc) is 2.67. The summed E-state index contributed by atoms with van der Waals surface area (Å²) in [7, 11) is 0. The van der Waals surface area contributed by atoms with E-state index in [1.807, 2.05) is 6.92 Å². The maximum absolute atomic E-state index is 14.2. The van der Waals surface area contributed by atoms with Crippen molar-refractivity contribution >= 4 is 11.8 Å². The van der Waals surface area contributed by atoms with E-state index >= 15 is 0 Å². The van der Waals surface area contributed by atoms with Crippen molar-refractivity contribution in [2.45, 2.75) is 24.7 Å². The molecule has 28 heavy (non-hydrogen) atoms. The van der Waals surface area contributed by atoms with E-state index in [-0.39, 0.29) is 10.5 Å². The topological polar surface area (TPSA) is 23.8 Å². The Bertz CT molecular complexity index is 1010. The lowest BCUT2D eigenvalue weighted by Crippen LogP contribution is -1.96. The van der Waals surface area contributed by atoms with Gasteiger partial charge in [-0.15, -0.1) is 0 Å². The van der Waals surface area contributed by atoms with E-state index in [1.165, 1.54) is 12.1 Å². The summed E-state index contributed by atoms with van der Waals surface area (Å²) in [5.74, 6) is -2.81. The fourth-order valence-electron chi connectivity index (χ4n) is 2.98. The maximum atomic E-state index is 14.2. The predicted octanol–water partition coefficient (Wildman–Crippen LogP) is 7.10. The number of nitrogens with zero attached hydrogens (tertiary/aromatic N) is 1. The van der Waals surface area contributed by atoms with E-state index in [9.17, 15) is 17.6 Å². The van der Waals surface area contributed by atoms with Crippen LogP contribution < -0.4 is 0 Å². The van der Waals surface area contributed by atoms with Crippen LogP contribution in [-0.2, 0) is 6.42 Å². The maximum Gasteiger partial charge on any atom is 0.141 e. The van der Waals surface area contributed by atoms with Crippen molar-refractivity contribution in [3.63, 3.8) is 0 Å². The molecule has 3 aromatic carbocycles. The molecule has 0 spiro atoms. The summed E-state index contributed by atoms with van der Waals surface area (Å²) >= 11 is 0.424. The number of nitriles is 1. The number of hydrogen-bond acceptors (Lipinski definition) is 2. The van der Waals surface area contributed by atoms with Crippen LogP contribution in [0, 0.1) is 33.9 Å². The summed E-state index contributed by atoms with van der Waals surface area (Å²) in [5, 5.41) is 10.3. The quantitative estimate of drug-likeness (QED) is 0.259. The molecule has 3 rings (SSSR count). The molecule has 0 saturated heterocycles. The normalized spacial score (nSPS) is 10.7. The minimum Gasteiger partial charge on any atom is -0.207 e. The van der Waals surface area contributed by atoms with Crippen LogP contribution >= 0.6 is 11.8 Å². The molecule has 6 heteroatoms. The lowest BCUT2D eigenvalue weighted by Gasteiger charge is -2.09. The first kappa shape index (κ1) is 20.0. The van der Waals surface area contributed by atoms with Gasteiger partial charge in [-0.25, -0.2) is 17.6 Å². The molecular weight excluding hydrogens is 386 g/mol. The van der Waals surface area contributed by atoms with Gasteiger partial charge in [-0.1, -0.05) is 37.6 Å². The summed E-state index contributed by atoms with van der Waals surface area (Å²) in [6, 6.07) is 11.4. The van der Waals surface area contributed by atoms with Crippen molar-refractivity contribution in [3.05, 3.63) is 77.4 Å². The van der Waals surface area contributed by atoms with Crippen molar-refractivity contribution in [1.82, 2.24) is 0 Å². The van der Waals surface area contributed by atoms with E-state index in [2.05, 4.69) is 0 Å². The minimum absolute atomic E-state index is 0.0733. The van der Waals surface area contributed by atoms with Gasteiger partial charge in [0.05, 0.1) is 4.90 Å². The van der Waals surface area contributed by atoms with E-state index in [4.69, 9.17) is 5.26 Å². The molecule has 0 unspecified atom stereocenters. The van der Waals surface area contributed by atoms with Crippen molar-refractivity contribution in [2.75, 3.05) is 0 Å². The van der Waals surface area contributed by atoms with Crippen LogP contribution in [-0.4, -0.2) is 0 Å². The zero-order chi connectivity index (χ0) is 20.3. The van der Waals surface area contributed by atoms with Gasteiger partial charge in [0, 0.05) is 5.56 Å². The summed E-state index contributed by atoms with van der Waals surface area (Å²) < 4.78 is 56.4. The molecule has 0 aliphatic heterocycles. The van der Waals surface area contributed by atoms with Crippen molar-refractivity contribution in [3.8, 4) is 27.7 Å². The fraction of sp³-hybridized carbons (Fsp3) is 0.136. The van der Waals surface area contributed by atoms with Crippen LogP contribution in [0.5, 0.6) is 0 Å². The predicted molar refractivity (Wildman–Crippen MR) is 103 cm³/mol. The largest absolute Gasteiger partial charge is 0.207 e. The van der Waals surface area contributed by atoms with Crippen LogP contribution in [0.25, 0.3) is 22.3 Å². The molecule has 0 aliphatic rings. The third-order valence-electron chi connectivity index (χ3n) is 4.34. The van der Waals surface area contributed by atoms with Gasteiger partial charge >= 0.3 is 0 Å². The highest BCUT2D eigenvalue weighted by Gasteiger charge is 2.14. The number of thioether (sulfide) groups is 1. The van der Waals surface area contributed by atoms with Gasteiger partial charge in [-0.2, -0.15) is 5.26 Å². The molecular formula is C22H15F4NS. The molecule has 0 fully saturated rings. The molecule has 0 amide bonds. The Morgan fingerprint density at radius 3 is 1.57 bits per heavy atom. The Morgan fingerprint density at radius 2 is 1.18 bits per heavy atom. The van der Waals surface area contributed by atoms with Gasteiger partial charge in [0.2, 0.25) is 0 Å². The molecule has 0 heterocycles. The molecule has 0 radical (unpaired) electrons. The number of thiocyanates is 1. The van der Waals surface area contributed by atoms with Crippen molar-refractivity contribution in [2.24, 2.45) is 0 Å². The first-order valence-corrected chi connectivity index (χ1v) is 9.40. The third-order valence-corrected chi connectivity index (χ3v) is 5.02. The highest BCUT2D eigenvalue weighted by Crippen LogP contribution is 2.32. The molecule has 0 atom stereocenters. The van der Waals surface area contributed by atoms with Gasteiger partial charge in [-0.3, -0.25) is 0 Å². The Labute approximate surface area is 164 Å². The first-order valence-electron chi connectivity index (χ1n) is 8.58. The van der Waals surface area contributed by atoms with Gasteiger partial charge in [0.1, 0.15) is 28.7 Å². The van der Waals surface area contributed by atoms with Gasteiger partial charge in [-0.05, 0) is 64.7 Å². The Kier molecular flexibility index (Phi) is 6.05. The van der Waals surface area contributed by atoms with Gasteiger partial charge in [0.25, 0.3) is 0 Å². The lowest BCUT2D eigenvalue weighted by atomic mass is 9.98. The second-order valence-electron chi connectivity index (χ2n) is 6.21. The average molecular weight is 401 g/mol. The minimum atomic E-state index is -0.818. The Morgan fingerprint density at radius 1 is 0.750 bits per heavy atom. The SMILES string of the molecule is CCCc1c(F)cc(-c2ccc(-c3cc(F)c(SC#N)c(F)c3)cc2)cc1F. The summed E-state index contributed by atoms with van der Waals surface area (Å²) in [4.78, 5) is -0.346. The van der Waals surface area contributed by atoms with Crippen LogP contribution in [0.4, 0.5) is 17.6 Å². The van der Waals surface area contributed by atoms with E-state index in [0.29, 0.717) is 46.9 Å². The van der Waals surface area contributed by atoms with Gasteiger partial charge < -0.3 is 0 Å². The second kappa shape index (κ2) is 8.49. The highest BCUT2D eigenvalue weighted by molar-refractivity contribution is 8.03. The second-order valence-corrected chi connectivity index (χ2v) is 7.00. The smallest absolute Gasteiger partial charge is 0.141 e. The molecule has 1 nitrogen and oxygen atoms in total. The number of halogens is 4. The summed E-state index contributed by atoms with van der Waals surface area (Å²) in [6.45, 7) is 1.85. The highest BCUT2D eigenvalue weighted by atomic mass is 32.2. The van der Waals surface area contributed by atoms with Crippen LogP contribution in [0.2, 0.25) is 0 Å². The zero-order valence-corrected chi connectivity index (χ0v) is 15.7. The molecule has 0 aromatic heterocycles. The van der Waals surface area contributed by atoms with Crippen molar-refractivity contribution in [1.29, 1.82) is 5.26 Å². The first-order chi connectivity index (χ1) is 13.4. The summed E-state index contributed by atoms with van der Waals surface area (Å²) in [5.41, 5.74) is 1.89. The third kappa shape index (κ3) is 4.05. The zero-order valence-electron chi connectivity index (χ0n) is 14.9. The summed E-state index contributed by atoms with van der Waals surface area (Å²) in [6.07, 6.45) is 0.967. The standard InChI is InChI=1S/C22H15F4NS/c1-2-3-17-18(23)8-15(9-19(17)24)13-4-6-14(7-5-13)16-10-20(25)22(28-12-27)21(26)11-16/h4-11H,2-3H2,1H3. The van der Waals surface area contributed by atoms with Crippen molar-refractivity contribution < 1.29 is 17.6 Å². The molecule has 142 valence electrons. The molecule has 3 aromatic rings. The monoisotopic (exact) mass is 401 g/mol. The van der Waals surface area contributed by atoms with Crippen LogP contribution in [0.1, 0.15) is 18.9 Å². The Balaban J connectivity index is 1.94. The lowest BCUT2D eigenvalue weighted by molar-refractivity contribution is 0.542. The molecule has 0 aliphatic carbocycles. The number of rotatable bonds is 5. The van der Waals surface area contributed by atoms with Crippen LogP contribution in [0.15, 0.2) is 53.4 Å². The molecule has 0 N–H and O–H groups in total. The molecule has 0 saturated carbocycles. The molecule has 0 bridgehead atoms. The van der Waals surface area contributed by atoms with E-state index < -0.39 is 23.3 Å². The Hall–Kier alpha value is -2.78. The number of hydrogen-bond donors (Lipinski definition) is 0. The fourth-order valence-corrected chi connectivity index (χ4v) is 3.39. The van der Waals surface area contributed by atoms with E-state index in [0.717, 1.165) is 12.1 Å².